The number of amides is 1. The Balaban J connectivity index is 1.91. The van der Waals surface area contributed by atoms with E-state index in [4.69, 9.17) is 29.4 Å². The number of hydrogen-bond acceptors (Lipinski definition) is 8. The van der Waals surface area contributed by atoms with E-state index in [1.165, 1.54) is 41.6 Å². The van der Waals surface area contributed by atoms with Gasteiger partial charge in [-0.05, 0) is 53.6 Å². The molecule has 0 aliphatic heterocycles. The Labute approximate surface area is 215 Å². The van der Waals surface area contributed by atoms with Crippen molar-refractivity contribution < 1.29 is 33.6 Å². The van der Waals surface area contributed by atoms with Gasteiger partial charge in [-0.2, -0.15) is 0 Å². The second kappa shape index (κ2) is 12.3. The number of methoxy groups -OCH3 is 5. The van der Waals surface area contributed by atoms with Crippen LogP contribution in [0.4, 0.5) is 11.4 Å². The number of phenols is 1. The van der Waals surface area contributed by atoms with Crippen LogP contribution in [0.15, 0.2) is 48.5 Å². The zero-order valence-electron chi connectivity index (χ0n) is 21.3. The molecule has 0 aliphatic rings. The lowest BCUT2D eigenvalue weighted by Gasteiger charge is -2.14. The van der Waals surface area contributed by atoms with Crippen LogP contribution in [0.1, 0.15) is 16.7 Å². The molecule has 0 radical (unpaired) electrons. The smallest absolute Gasteiger partial charge is 0.248 e. The van der Waals surface area contributed by atoms with Gasteiger partial charge in [-0.15, -0.1) is 0 Å². The van der Waals surface area contributed by atoms with Crippen molar-refractivity contribution in [2.24, 2.45) is 0 Å². The van der Waals surface area contributed by atoms with E-state index in [-0.39, 0.29) is 17.2 Å². The number of phenolic OH excluding ortho intramolecular Hbond substituents is 1. The van der Waals surface area contributed by atoms with Crippen LogP contribution in [-0.4, -0.2) is 46.6 Å². The molecule has 37 heavy (non-hydrogen) atoms. The lowest BCUT2D eigenvalue weighted by Crippen LogP contribution is -2.09. The number of nitrogens with one attached hydrogen (secondary N) is 1. The molecule has 0 saturated heterocycles. The first-order valence-electron chi connectivity index (χ1n) is 11.2. The molecule has 9 nitrogen and oxygen atoms in total. The highest BCUT2D eigenvalue weighted by Crippen LogP contribution is 2.40. The number of carbonyl (C=O) groups excluding carboxylic acids is 1. The molecular weight excluding hydrogens is 476 g/mol. The van der Waals surface area contributed by atoms with E-state index >= 15 is 0 Å². The van der Waals surface area contributed by atoms with E-state index < -0.39 is 5.91 Å². The van der Waals surface area contributed by atoms with E-state index in [1.54, 1.807) is 60.7 Å². The number of nitrogens with two attached hydrogens (primary N) is 1. The fourth-order valence-corrected chi connectivity index (χ4v) is 3.60. The van der Waals surface area contributed by atoms with Crippen molar-refractivity contribution in [2.45, 2.75) is 0 Å². The van der Waals surface area contributed by atoms with Crippen LogP contribution >= 0.6 is 0 Å². The summed E-state index contributed by atoms with van der Waals surface area (Å²) in [6, 6.07) is 12.1. The van der Waals surface area contributed by atoms with Crippen molar-refractivity contribution in [1.29, 1.82) is 0 Å². The zero-order chi connectivity index (χ0) is 26.9. The molecule has 0 atom stereocenters. The number of hydrogen-bond donors (Lipinski definition) is 3. The predicted octanol–water partition coefficient (Wildman–Crippen LogP) is 4.84. The molecule has 0 spiro atoms. The quantitative estimate of drug-likeness (QED) is 0.155. The van der Waals surface area contributed by atoms with Crippen LogP contribution in [0.25, 0.3) is 18.2 Å². The van der Waals surface area contributed by atoms with Crippen molar-refractivity contribution in [3.05, 3.63) is 65.2 Å². The molecule has 4 N–H and O–H groups in total. The van der Waals surface area contributed by atoms with Gasteiger partial charge >= 0.3 is 0 Å². The van der Waals surface area contributed by atoms with Gasteiger partial charge in [0, 0.05) is 11.6 Å². The first kappa shape index (κ1) is 26.8. The Morgan fingerprint density at radius 2 is 1.38 bits per heavy atom. The van der Waals surface area contributed by atoms with Crippen molar-refractivity contribution >= 4 is 35.5 Å². The summed E-state index contributed by atoms with van der Waals surface area (Å²) in [5.41, 5.74) is 8.58. The average molecular weight is 507 g/mol. The SMILES string of the molecule is COc1ccc(/C=C/C(=O)Nc2c(/C=C\c3cc(OC)c(OC)c(OC)c3)ccc(OC)c2O)cc1N. The molecular formula is C28H30N2O7. The summed E-state index contributed by atoms with van der Waals surface area (Å²) in [4.78, 5) is 12.7. The minimum atomic E-state index is -0.458. The third kappa shape index (κ3) is 6.26. The molecule has 3 aromatic rings. The molecule has 0 heterocycles. The van der Waals surface area contributed by atoms with E-state index in [0.717, 1.165) is 5.56 Å². The number of nitrogen functional groups attached to an aromatic ring is 1. The molecule has 194 valence electrons. The highest BCUT2D eigenvalue weighted by atomic mass is 16.5. The second-order valence-corrected chi connectivity index (χ2v) is 7.70. The van der Waals surface area contributed by atoms with E-state index in [0.29, 0.717) is 39.8 Å². The Morgan fingerprint density at radius 1 is 0.757 bits per heavy atom. The number of aromatic hydroxyl groups is 1. The van der Waals surface area contributed by atoms with Crippen LogP contribution in [0.2, 0.25) is 0 Å². The van der Waals surface area contributed by atoms with Crippen LogP contribution in [0, 0.1) is 0 Å². The first-order chi connectivity index (χ1) is 17.8. The minimum absolute atomic E-state index is 0.187. The van der Waals surface area contributed by atoms with Crippen molar-refractivity contribution in [2.75, 3.05) is 46.6 Å². The van der Waals surface area contributed by atoms with Crippen molar-refractivity contribution in [3.8, 4) is 34.5 Å². The minimum Gasteiger partial charge on any atom is -0.503 e. The van der Waals surface area contributed by atoms with Gasteiger partial charge < -0.3 is 39.8 Å². The third-order valence-corrected chi connectivity index (χ3v) is 5.46. The van der Waals surface area contributed by atoms with Crippen LogP contribution in [-0.2, 0) is 4.79 Å². The summed E-state index contributed by atoms with van der Waals surface area (Å²) >= 11 is 0. The van der Waals surface area contributed by atoms with Gasteiger partial charge in [-0.3, -0.25) is 4.79 Å². The lowest BCUT2D eigenvalue weighted by atomic mass is 10.1. The molecule has 0 aromatic heterocycles. The molecule has 0 saturated carbocycles. The fourth-order valence-electron chi connectivity index (χ4n) is 3.60. The van der Waals surface area contributed by atoms with Gasteiger partial charge in [-0.25, -0.2) is 0 Å². The largest absolute Gasteiger partial charge is 0.503 e. The van der Waals surface area contributed by atoms with E-state index in [2.05, 4.69) is 5.32 Å². The maximum atomic E-state index is 12.7. The molecule has 9 heteroatoms. The average Bonchev–Trinajstić information content (AvgIpc) is 2.91. The summed E-state index contributed by atoms with van der Waals surface area (Å²) in [7, 11) is 7.56. The summed E-state index contributed by atoms with van der Waals surface area (Å²) in [5.74, 6) is 1.57. The van der Waals surface area contributed by atoms with E-state index in [9.17, 15) is 9.90 Å². The van der Waals surface area contributed by atoms with Crippen LogP contribution in [0.5, 0.6) is 34.5 Å². The molecule has 0 bridgehead atoms. The highest BCUT2D eigenvalue weighted by Gasteiger charge is 2.15. The monoisotopic (exact) mass is 506 g/mol. The van der Waals surface area contributed by atoms with Gasteiger partial charge in [0.25, 0.3) is 0 Å². The van der Waals surface area contributed by atoms with Gasteiger partial charge in [0.15, 0.2) is 23.0 Å². The van der Waals surface area contributed by atoms with Gasteiger partial charge in [0.1, 0.15) is 5.75 Å². The second-order valence-electron chi connectivity index (χ2n) is 7.70. The Bertz CT molecular complexity index is 1310. The van der Waals surface area contributed by atoms with Gasteiger partial charge in [0.2, 0.25) is 11.7 Å². The Morgan fingerprint density at radius 3 is 1.95 bits per heavy atom. The normalized spacial score (nSPS) is 10.9. The molecule has 0 fully saturated rings. The molecule has 0 aliphatic carbocycles. The van der Waals surface area contributed by atoms with Gasteiger partial charge in [0.05, 0.1) is 46.9 Å². The highest BCUT2D eigenvalue weighted by molar-refractivity contribution is 6.04. The maximum absolute atomic E-state index is 12.7. The standard InChI is InChI=1S/C28H30N2O7/c1-33-21-11-7-17(14-20(21)29)8-13-25(31)30-26-19(10-12-22(34-2)27(26)32)9-6-18-15-23(35-3)28(37-5)24(16-18)36-4/h6-16,32H,29H2,1-5H3,(H,30,31)/b9-6-,13-8+. The van der Waals surface area contributed by atoms with Crippen molar-refractivity contribution in [3.63, 3.8) is 0 Å². The number of benzene rings is 3. The Kier molecular flexibility index (Phi) is 8.88. The first-order valence-corrected chi connectivity index (χ1v) is 11.2. The summed E-state index contributed by atoms with van der Waals surface area (Å²) in [6.07, 6.45) is 6.47. The summed E-state index contributed by atoms with van der Waals surface area (Å²) in [5, 5.41) is 13.5. The number of carbonyl (C=O) groups is 1. The topological polar surface area (TPSA) is 122 Å². The fraction of sp³-hybridized carbons (Fsp3) is 0.179. The van der Waals surface area contributed by atoms with Crippen LogP contribution in [0.3, 0.4) is 0 Å². The number of anilines is 2. The predicted molar refractivity (Wildman–Crippen MR) is 145 cm³/mol. The molecule has 1 amide bonds. The third-order valence-electron chi connectivity index (χ3n) is 5.46. The lowest BCUT2D eigenvalue weighted by molar-refractivity contribution is -0.111. The number of ether oxygens (including phenoxy) is 5. The molecule has 0 unspecified atom stereocenters. The summed E-state index contributed by atoms with van der Waals surface area (Å²) < 4.78 is 26.5. The molecule has 3 aromatic carbocycles. The van der Waals surface area contributed by atoms with Crippen molar-refractivity contribution in [1.82, 2.24) is 0 Å². The van der Waals surface area contributed by atoms with E-state index in [1.807, 2.05) is 0 Å². The Hall–Kier alpha value is -4.79. The maximum Gasteiger partial charge on any atom is 0.248 e. The zero-order valence-corrected chi connectivity index (χ0v) is 21.3. The van der Waals surface area contributed by atoms with Gasteiger partial charge in [-0.1, -0.05) is 18.2 Å². The van der Waals surface area contributed by atoms with Crippen LogP contribution < -0.4 is 34.7 Å². The number of rotatable bonds is 10. The summed E-state index contributed by atoms with van der Waals surface area (Å²) in [6.45, 7) is 0. The molecule has 3 rings (SSSR count).